The molecule has 152 valence electrons. The number of halogens is 1. The first-order chi connectivity index (χ1) is 13.3. The normalized spacial score (nSPS) is 14.2. The van der Waals surface area contributed by atoms with E-state index in [0.717, 1.165) is 43.6 Å². The average Bonchev–Trinajstić information content (AvgIpc) is 2.75. The fraction of sp³-hybridized carbons (Fsp3) is 0.381. The van der Waals surface area contributed by atoms with E-state index in [1.165, 1.54) is 11.3 Å². The smallest absolute Gasteiger partial charge is 0.191 e. The Kier molecular flexibility index (Phi) is 9.36. The number of anilines is 1. The number of ether oxygens (including phenoxy) is 2. The molecule has 3 rings (SSSR count). The Balaban J connectivity index is 0.00000280. The van der Waals surface area contributed by atoms with Gasteiger partial charge in [0.15, 0.2) is 5.96 Å². The predicted molar refractivity (Wildman–Crippen MR) is 125 cm³/mol. The molecule has 0 spiro atoms. The molecule has 0 saturated carbocycles. The summed E-state index contributed by atoms with van der Waals surface area (Å²) in [6, 6.07) is 16.5. The van der Waals surface area contributed by atoms with Gasteiger partial charge in [0.25, 0.3) is 0 Å². The zero-order chi connectivity index (χ0) is 18.9. The van der Waals surface area contributed by atoms with Crippen molar-refractivity contribution >= 4 is 35.6 Å². The molecule has 0 aliphatic carbocycles. The number of guanidine groups is 1. The van der Waals surface area contributed by atoms with Crippen molar-refractivity contribution in [3.8, 4) is 5.75 Å². The summed E-state index contributed by atoms with van der Waals surface area (Å²) in [5.41, 5.74) is 3.60. The van der Waals surface area contributed by atoms with Gasteiger partial charge in [0.1, 0.15) is 5.75 Å². The van der Waals surface area contributed by atoms with Crippen LogP contribution in [-0.4, -0.2) is 46.4 Å². The highest BCUT2D eigenvalue weighted by Gasteiger charge is 2.14. The van der Waals surface area contributed by atoms with Gasteiger partial charge < -0.3 is 25.0 Å². The van der Waals surface area contributed by atoms with Crippen LogP contribution in [0.15, 0.2) is 53.5 Å². The second kappa shape index (κ2) is 11.8. The minimum atomic E-state index is 0. The van der Waals surface area contributed by atoms with Crippen LogP contribution in [0.1, 0.15) is 11.1 Å². The number of benzene rings is 2. The topological polar surface area (TPSA) is 58.1 Å². The van der Waals surface area contributed by atoms with Crippen LogP contribution in [0.25, 0.3) is 0 Å². The lowest BCUT2D eigenvalue weighted by atomic mass is 10.1. The van der Waals surface area contributed by atoms with Crippen molar-refractivity contribution in [1.29, 1.82) is 0 Å². The van der Waals surface area contributed by atoms with Gasteiger partial charge in [-0.3, -0.25) is 4.99 Å². The maximum Gasteiger partial charge on any atom is 0.191 e. The van der Waals surface area contributed by atoms with Gasteiger partial charge >= 0.3 is 0 Å². The monoisotopic (exact) mass is 496 g/mol. The molecule has 2 N–H and O–H groups in total. The Bertz CT molecular complexity index is 764. The number of hydrogen-bond donors (Lipinski definition) is 2. The summed E-state index contributed by atoms with van der Waals surface area (Å²) in [5.74, 6) is 1.64. The highest BCUT2D eigenvalue weighted by atomic mass is 127. The molecule has 0 radical (unpaired) electrons. The number of nitrogens with zero attached hydrogens (tertiary/aromatic N) is 2. The zero-order valence-electron chi connectivity index (χ0n) is 16.5. The molecule has 0 atom stereocenters. The van der Waals surface area contributed by atoms with Crippen LogP contribution in [0.5, 0.6) is 5.75 Å². The molecule has 1 aliphatic rings. The highest BCUT2D eigenvalue weighted by molar-refractivity contribution is 14.0. The van der Waals surface area contributed by atoms with Crippen molar-refractivity contribution in [2.45, 2.75) is 13.1 Å². The third-order valence-corrected chi connectivity index (χ3v) is 4.65. The number of hydrogen-bond acceptors (Lipinski definition) is 4. The molecule has 2 aromatic carbocycles. The van der Waals surface area contributed by atoms with Crippen molar-refractivity contribution < 1.29 is 9.47 Å². The van der Waals surface area contributed by atoms with Crippen LogP contribution < -0.4 is 20.3 Å². The number of morpholine rings is 1. The second-order valence-electron chi connectivity index (χ2n) is 6.32. The van der Waals surface area contributed by atoms with Crippen molar-refractivity contribution in [2.24, 2.45) is 4.99 Å². The molecular weight excluding hydrogens is 467 g/mol. The first-order valence-corrected chi connectivity index (χ1v) is 9.29. The molecule has 7 heteroatoms. The highest BCUT2D eigenvalue weighted by Crippen LogP contribution is 2.21. The first kappa shape index (κ1) is 22.3. The van der Waals surface area contributed by atoms with E-state index in [1.54, 1.807) is 14.2 Å². The summed E-state index contributed by atoms with van der Waals surface area (Å²) < 4.78 is 10.9. The van der Waals surface area contributed by atoms with E-state index in [-0.39, 0.29) is 24.0 Å². The van der Waals surface area contributed by atoms with E-state index in [9.17, 15) is 0 Å². The average molecular weight is 496 g/mol. The summed E-state index contributed by atoms with van der Waals surface area (Å²) >= 11 is 0. The summed E-state index contributed by atoms with van der Waals surface area (Å²) in [6.07, 6.45) is 0. The zero-order valence-corrected chi connectivity index (χ0v) is 18.8. The molecular formula is C21H29IN4O2. The third kappa shape index (κ3) is 6.00. The molecule has 0 amide bonds. The molecule has 0 aromatic heterocycles. The van der Waals surface area contributed by atoms with Crippen molar-refractivity contribution in [3.05, 3.63) is 59.7 Å². The van der Waals surface area contributed by atoms with Gasteiger partial charge in [0.2, 0.25) is 0 Å². The second-order valence-corrected chi connectivity index (χ2v) is 6.32. The van der Waals surface area contributed by atoms with E-state index in [2.05, 4.69) is 44.8 Å². The Morgan fingerprint density at radius 2 is 1.61 bits per heavy atom. The van der Waals surface area contributed by atoms with Gasteiger partial charge in [-0.15, -0.1) is 24.0 Å². The van der Waals surface area contributed by atoms with Crippen molar-refractivity contribution in [3.63, 3.8) is 0 Å². The Morgan fingerprint density at radius 3 is 2.29 bits per heavy atom. The third-order valence-electron chi connectivity index (χ3n) is 4.65. The fourth-order valence-electron chi connectivity index (χ4n) is 3.20. The lowest BCUT2D eigenvalue weighted by molar-refractivity contribution is 0.122. The van der Waals surface area contributed by atoms with Gasteiger partial charge in [-0.25, -0.2) is 0 Å². The largest absolute Gasteiger partial charge is 0.496 e. The summed E-state index contributed by atoms with van der Waals surface area (Å²) in [6.45, 7) is 4.78. The number of para-hydroxylation sites is 2. The van der Waals surface area contributed by atoms with E-state index < -0.39 is 0 Å². The van der Waals surface area contributed by atoms with E-state index >= 15 is 0 Å². The van der Waals surface area contributed by atoms with E-state index in [4.69, 9.17) is 9.47 Å². The minimum absolute atomic E-state index is 0. The molecule has 0 unspecified atom stereocenters. The molecule has 1 fully saturated rings. The van der Waals surface area contributed by atoms with Crippen LogP contribution in [0.4, 0.5) is 5.69 Å². The molecule has 2 aromatic rings. The lowest BCUT2D eigenvalue weighted by Crippen LogP contribution is -2.39. The van der Waals surface area contributed by atoms with Crippen LogP contribution in [0.2, 0.25) is 0 Å². The van der Waals surface area contributed by atoms with Gasteiger partial charge in [-0.1, -0.05) is 36.4 Å². The number of nitrogens with one attached hydrogen (secondary N) is 2. The molecule has 28 heavy (non-hydrogen) atoms. The maximum absolute atomic E-state index is 5.47. The molecule has 1 saturated heterocycles. The maximum atomic E-state index is 5.47. The molecule has 6 nitrogen and oxygen atoms in total. The lowest BCUT2D eigenvalue weighted by Gasteiger charge is -2.30. The number of methoxy groups -OCH3 is 1. The summed E-state index contributed by atoms with van der Waals surface area (Å²) in [4.78, 5) is 6.72. The predicted octanol–water partition coefficient (Wildman–Crippen LogP) is 3.02. The summed E-state index contributed by atoms with van der Waals surface area (Å²) in [7, 11) is 3.47. The van der Waals surface area contributed by atoms with Crippen molar-refractivity contribution in [2.75, 3.05) is 45.4 Å². The first-order valence-electron chi connectivity index (χ1n) is 9.29. The molecule has 1 heterocycles. The van der Waals surface area contributed by atoms with Crippen LogP contribution >= 0.6 is 24.0 Å². The molecule has 1 aliphatic heterocycles. The van der Waals surface area contributed by atoms with Crippen LogP contribution in [0, 0.1) is 0 Å². The fourth-order valence-corrected chi connectivity index (χ4v) is 3.20. The van der Waals surface area contributed by atoms with E-state index in [1.807, 2.05) is 24.3 Å². The quantitative estimate of drug-likeness (QED) is 0.366. The van der Waals surface area contributed by atoms with Gasteiger partial charge in [-0.05, 0) is 17.7 Å². The Labute approximate surface area is 184 Å². The standard InChI is InChI=1S/C21H28N4O2.HI/c1-22-21(24-16-18-8-4-6-10-20(18)26-2)23-15-17-7-3-5-9-19(17)25-11-13-27-14-12-25;/h3-10H,11-16H2,1-2H3,(H2,22,23,24);1H. The number of rotatable bonds is 6. The van der Waals surface area contributed by atoms with Crippen LogP contribution in [0.3, 0.4) is 0 Å². The number of aliphatic imine (C=N–C) groups is 1. The SMILES string of the molecule is CN=C(NCc1ccccc1OC)NCc1ccccc1N1CCOCC1.I. The minimum Gasteiger partial charge on any atom is -0.496 e. The van der Waals surface area contributed by atoms with Gasteiger partial charge in [0.05, 0.1) is 20.3 Å². The molecule has 0 bridgehead atoms. The van der Waals surface area contributed by atoms with Crippen LogP contribution in [-0.2, 0) is 17.8 Å². The van der Waals surface area contributed by atoms with Gasteiger partial charge in [0, 0.05) is 44.5 Å². The Morgan fingerprint density at radius 1 is 1.00 bits per heavy atom. The van der Waals surface area contributed by atoms with Gasteiger partial charge in [-0.2, -0.15) is 0 Å². The van der Waals surface area contributed by atoms with E-state index in [0.29, 0.717) is 13.1 Å². The Hall–Kier alpha value is -2.00. The summed E-state index contributed by atoms with van der Waals surface area (Å²) in [5, 5.41) is 6.77. The van der Waals surface area contributed by atoms with Crippen molar-refractivity contribution in [1.82, 2.24) is 10.6 Å².